The van der Waals surface area contributed by atoms with Gasteiger partial charge in [-0.1, -0.05) is 35.3 Å². The van der Waals surface area contributed by atoms with Crippen LogP contribution in [0, 0.1) is 0 Å². The molecule has 0 radical (unpaired) electrons. The van der Waals surface area contributed by atoms with E-state index in [1.54, 1.807) is 42.5 Å². The number of nitrogens with two attached hydrogens (primary N) is 1. The number of hydrogen-bond donors (Lipinski definition) is 2. The summed E-state index contributed by atoms with van der Waals surface area (Å²) in [5.41, 5.74) is 6.66. The van der Waals surface area contributed by atoms with Crippen LogP contribution in [0.1, 0.15) is 0 Å². The van der Waals surface area contributed by atoms with Gasteiger partial charge >= 0.3 is 0 Å². The van der Waals surface area contributed by atoms with Crippen molar-refractivity contribution in [3.05, 3.63) is 52.5 Å². The summed E-state index contributed by atoms with van der Waals surface area (Å²) < 4.78 is 5.32. The van der Waals surface area contributed by atoms with Crippen LogP contribution in [-0.4, -0.2) is 12.5 Å². The largest absolute Gasteiger partial charge is 0.482 e. The lowest BCUT2D eigenvalue weighted by Crippen LogP contribution is -2.20. The zero-order valence-electron chi connectivity index (χ0n) is 10.4. The van der Waals surface area contributed by atoms with Crippen LogP contribution >= 0.6 is 23.2 Å². The van der Waals surface area contributed by atoms with E-state index in [1.165, 1.54) is 0 Å². The van der Waals surface area contributed by atoms with Crippen molar-refractivity contribution in [1.29, 1.82) is 0 Å². The average Bonchev–Trinajstić information content (AvgIpc) is 2.42. The molecule has 0 fully saturated rings. The van der Waals surface area contributed by atoms with Gasteiger partial charge in [0.25, 0.3) is 5.91 Å². The number of anilines is 2. The molecule has 2 aromatic rings. The lowest BCUT2D eigenvalue weighted by atomic mass is 10.3. The summed E-state index contributed by atoms with van der Waals surface area (Å²) in [4.78, 5) is 11.8. The van der Waals surface area contributed by atoms with E-state index < -0.39 is 0 Å². The standard InChI is InChI=1S/C14H12Cl2N2O2/c15-10-3-1-2-4-12(10)18-14(19)8-20-13-7-9(17)5-6-11(13)16/h1-7H,8,17H2,(H,18,19). The second kappa shape index (κ2) is 6.50. The van der Waals surface area contributed by atoms with Crippen molar-refractivity contribution in [1.82, 2.24) is 0 Å². The van der Waals surface area contributed by atoms with Gasteiger partial charge in [-0.2, -0.15) is 0 Å². The molecule has 104 valence electrons. The zero-order valence-corrected chi connectivity index (χ0v) is 11.9. The Hall–Kier alpha value is -1.91. The van der Waals surface area contributed by atoms with E-state index in [2.05, 4.69) is 5.32 Å². The number of carbonyl (C=O) groups is 1. The fourth-order valence-corrected chi connectivity index (χ4v) is 1.88. The summed E-state index contributed by atoms with van der Waals surface area (Å²) in [5, 5.41) is 3.50. The molecular weight excluding hydrogens is 299 g/mol. The molecule has 0 unspecified atom stereocenters. The van der Waals surface area contributed by atoms with Crippen molar-refractivity contribution >= 4 is 40.5 Å². The van der Waals surface area contributed by atoms with Crippen LogP contribution in [0.2, 0.25) is 10.0 Å². The second-order valence-corrected chi connectivity index (χ2v) is 4.82. The normalized spacial score (nSPS) is 10.1. The molecule has 0 heterocycles. The first kappa shape index (κ1) is 14.5. The Balaban J connectivity index is 1.96. The van der Waals surface area contributed by atoms with Gasteiger partial charge in [0.15, 0.2) is 6.61 Å². The lowest BCUT2D eigenvalue weighted by Gasteiger charge is -2.10. The van der Waals surface area contributed by atoms with Crippen LogP contribution in [0.3, 0.4) is 0 Å². The van der Waals surface area contributed by atoms with E-state index in [9.17, 15) is 4.79 Å². The monoisotopic (exact) mass is 310 g/mol. The third-order valence-electron chi connectivity index (χ3n) is 2.46. The number of rotatable bonds is 4. The molecule has 0 aliphatic carbocycles. The lowest BCUT2D eigenvalue weighted by molar-refractivity contribution is -0.118. The highest BCUT2D eigenvalue weighted by Crippen LogP contribution is 2.26. The Labute approximate surface area is 126 Å². The first-order chi connectivity index (χ1) is 9.56. The summed E-state index contributed by atoms with van der Waals surface area (Å²) >= 11 is 11.9. The molecule has 2 rings (SSSR count). The molecule has 0 spiro atoms. The van der Waals surface area contributed by atoms with Crippen molar-refractivity contribution in [2.75, 3.05) is 17.7 Å². The minimum absolute atomic E-state index is 0.186. The number of carbonyl (C=O) groups excluding carboxylic acids is 1. The van der Waals surface area contributed by atoms with Crippen LogP contribution < -0.4 is 15.8 Å². The van der Waals surface area contributed by atoms with Crippen molar-refractivity contribution in [3.8, 4) is 5.75 Å². The fraction of sp³-hybridized carbons (Fsp3) is 0.0714. The van der Waals surface area contributed by atoms with E-state index in [0.717, 1.165) is 0 Å². The number of ether oxygens (including phenoxy) is 1. The number of para-hydroxylation sites is 1. The molecule has 6 heteroatoms. The van der Waals surface area contributed by atoms with Gasteiger partial charge in [0, 0.05) is 11.8 Å². The molecule has 0 bridgehead atoms. The van der Waals surface area contributed by atoms with Crippen LogP contribution in [0.25, 0.3) is 0 Å². The predicted molar refractivity (Wildman–Crippen MR) is 81.4 cm³/mol. The number of nitrogens with one attached hydrogen (secondary N) is 1. The molecule has 0 aromatic heterocycles. The minimum atomic E-state index is -0.336. The van der Waals surface area contributed by atoms with Crippen molar-refractivity contribution in [3.63, 3.8) is 0 Å². The van der Waals surface area contributed by atoms with Gasteiger partial charge in [-0.25, -0.2) is 0 Å². The Morgan fingerprint density at radius 3 is 2.65 bits per heavy atom. The number of hydrogen-bond acceptors (Lipinski definition) is 3. The summed E-state index contributed by atoms with van der Waals surface area (Å²) in [7, 11) is 0. The number of halogens is 2. The second-order valence-electron chi connectivity index (χ2n) is 4.01. The number of benzene rings is 2. The minimum Gasteiger partial charge on any atom is -0.482 e. The summed E-state index contributed by atoms with van der Waals surface area (Å²) in [5.74, 6) is 0.0255. The van der Waals surface area contributed by atoms with Gasteiger partial charge in [0.2, 0.25) is 0 Å². The Kier molecular flexibility index (Phi) is 4.71. The summed E-state index contributed by atoms with van der Waals surface area (Å²) in [6, 6.07) is 11.8. The molecule has 0 saturated heterocycles. The Bertz CT molecular complexity index is 632. The van der Waals surface area contributed by atoms with E-state index in [-0.39, 0.29) is 12.5 Å². The molecule has 3 N–H and O–H groups in total. The molecule has 4 nitrogen and oxygen atoms in total. The Morgan fingerprint density at radius 2 is 1.90 bits per heavy atom. The fourth-order valence-electron chi connectivity index (χ4n) is 1.52. The van der Waals surface area contributed by atoms with Crippen molar-refractivity contribution in [2.24, 2.45) is 0 Å². The van der Waals surface area contributed by atoms with Crippen LogP contribution in [0.4, 0.5) is 11.4 Å². The molecule has 0 atom stereocenters. The van der Waals surface area contributed by atoms with Gasteiger partial charge in [-0.15, -0.1) is 0 Å². The van der Waals surface area contributed by atoms with Crippen molar-refractivity contribution < 1.29 is 9.53 Å². The molecule has 20 heavy (non-hydrogen) atoms. The molecule has 1 amide bonds. The number of nitrogen functional groups attached to an aromatic ring is 1. The molecular formula is C14H12Cl2N2O2. The van der Waals surface area contributed by atoms with Crippen molar-refractivity contribution in [2.45, 2.75) is 0 Å². The van der Waals surface area contributed by atoms with Gasteiger partial charge in [0.1, 0.15) is 5.75 Å². The van der Waals surface area contributed by atoms with Gasteiger partial charge < -0.3 is 15.8 Å². The van der Waals surface area contributed by atoms with Crippen LogP contribution in [-0.2, 0) is 4.79 Å². The summed E-state index contributed by atoms with van der Waals surface area (Å²) in [6.07, 6.45) is 0. The Morgan fingerprint density at radius 1 is 1.15 bits per heavy atom. The molecule has 2 aromatic carbocycles. The van der Waals surface area contributed by atoms with E-state index in [1.807, 2.05) is 0 Å². The topological polar surface area (TPSA) is 64.3 Å². The third kappa shape index (κ3) is 3.79. The highest BCUT2D eigenvalue weighted by Gasteiger charge is 2.08. The summed E-state index contributed by atoms with van der Waals surface area (Å²) in [6.45, 7) is -0.186. The SMILES string of the molecule is Nc1ccc(Cl)c(OCC(=O)Nc2ccccc2Cl)c1. The van der Waals surface area contributed by atoms with Crippen LogP contribution in [0.15, 0.2) is 42.5 Å². The average molecular weight is 311 g/mol. The third-order valence-corrected chi connectivity index (χ3v) is 3.10. The van der Waals surface area contributed by atoms with Crippen LogP contribution in [0.5, 0.6) is 5.75 Å². The smallest absolute Gasteiger partial charge is 0.262 e. The van der Waals surface area contributed by atoms with Gasteiger partial charge in [-0.3, -0.25) is 4.79 Å². The maximum atomic E-state index is 11.8. The zero-order chi connectivity index (χ0) is 14.5. The highest BCUT2D eigenvalue weighted by atomic mass is 35.5. The first-order valence-corrected chi connectivity index (χ1v) is 6.54. The predicted octanol–water partition coefficient (Wildman–Crippen LogP) is 3.59. The molecule has 0 aliphatic heterocycles. The maximum Gasteiger partial charge on any atom is 0.262 e. The van der Waals surface area contributed by atoms with E-state index in [4.69, 9.17) is 33.7 Å². The maximum absolute atomic E-state index is 11.8. The molecule has 0 aliphatic rings. The van der Waals surface area contributed by atoms with E-state index >= 15 is 0 Å². The van der Waals surface area contributed by atoms with E-state index in [0.29, 0.717) is 27.2 Å². The first-order valence-electron chi connectivity index (χ1n) is 5.78. The highest BCUT2D eigenvalue weighted by molar-refractivity contribution is 6.33. The molecule has 0 saturated carbocycles. The quantitative estimate of drug-likeness (QED) is 0.848. The van der Waals surface area contributed by atoms with Gasteiger partial charge in [0.05, 0.1) is 15.7 Å². The number of amides is 1. The van der Waals surface area contributed by atoms with Gasteiger partial charge in [-0.05, 0) is 24.3 Å².